The molecule has 72 valence electrons. The molecule has 0 fully saturated rings. The van der Waals surface area contributed by atoms with Crippen molar-refractivity contribution in [3.8, 4) is 11.5 Å². The molecule has 2 aromatic rings. The lowest BCUT2D eigenvalue weighted by Gasteiger charge is -2.00. The first-order valence-electron chi connectivity index (χ1n) is 4.24. The molecule has 0 atom stereocenters. The number of aryl methyl sites for hydroxylation is 2. The van der Waals surface area contributed by atoms with Gasteiger partial charge in [0.2, 0.25) is 0 Å². The summed E-state index contributed by atoms with van der Waals surface area (Å²) in [5, 5.41) is 4.38. The second-order valence-electron chi connectivity index (χ2n) is 3.08. The summed E-state index contributed by atoms with van der Waals surface area (Å²) in [4.78, 5) is 4.12. The fraction of sp³-hybridized carbons (Fsp3) is 0.200. The maximum absolute atomic E-state index is 6.11. The Bertz CT molecular complexity index is 465. The smallest absolute Gasteiger partial charge is 0.259 e. The Morgan fingerprint density at radius 3 is 2.71 bits per heavy atom. The molecule has 1 heterocycles. The third-order valence-corrected chi connectivity index (χ3v) is 2.45. The Hall–Kier alpha value is -1.35. The summed E-state index contributed by atoms with van der Waals surface area (Å²) < 4.78 is 5.04. The lowest BCUT2D eigenvalue weighted by molar-refractivity contribution is 0.425. The maximum atomic E-state index is 6.11. The zero-order chi connectivity index (χ0) is 10.1. The van der Waals surface area contributed by atoms with Crippen molar-refractivity contribution in [2.45, 2.75) is 13.8 Å². The van der Waals surface area contributed by atoms with E-state index in [0.717, 1.165) is 11.1 Å². The van der Waals surface area contributed by atoms with Crippen LogP contribution in [0.4, 0.5) is 0 Å². The van der Waals surface area contributed by atoms with Crippen LogP contribution in [-0.4, -0.2) is 10.1 Å². The van der Waals surface area contributed by atoms with Gasteiger partial charge in [0.1, 0.15) is 0 Å². The molecule has 0 amide bonds. The Labute approximate surface area is 86.7 Å². The Morgan fingerprint density at radius 2 is 2.07 bits per heavy atom. The average molecular weight is 209 g/mol. The second kappa shape index (κ2) is 3.42. The largest absolute Gasteiger partial charge is 0.334 e. The number of halogens is 1. The molecule has 0 unspecified atom stereocenters. The standard InChI is InChI=1S/C10H9ClN2O/c1-6-4-3-5-8(9(6)11)10-12-7(2)13-14-10/h3-5H,1-2H3. The summed E-state index contributed by atoms with van der Waals surface area (Å²) in [5.41, 5.74) is 1.78. The van der Waals surface area contributed by atoms with Gasteiger partial charge < -0.3 is 4.52 Å². The summed E-state index contributed by atoms with van der Waals surface area (Å²) in [6.45, 7) is 3.71. The molecule has 0 radical (unpaired) electrons. The van der Waals surface area contributed by atoms with Gasteiger partial charge in [-0.15, -0.1) is 0 Å². The minimum atomic E-state index is 0.469. The van der Waals surface area contributed by atoms with Gasteiger partial charge in [-0.05, 0) is 25.5 Å². The molecule has 1 aromatic carbocycles. The van der Waals surface area contributed by atoms with Gasteiger partial charge in [0, 0.05) is 0 Å². The van der Waals surface area contributed by atoms with Crippen LogP contribution in [0.15, 0.2) is 22.7 Å². The number of hydrogen-bond acceptors (Lipinski definition) is 3. The van der Waals surface area contributed by atoms with Crippen LogP contribution in [0.1, 0.15) is 11.4 Å². The van der Waals surface area contributed by atoms with Crippen molar-refractivity contribution in [2.24, 2.45) is 0 Å². The molecule has 0 N–H and O–H groups in total. The molecule has 3 nitrogen and oxygen atoms in total. The van der Waals surface area contributed by atoms with Crippen LogP contribution < -0.4 is 0 Å². The first-order valence-corrected chi connectivity index (χ1v) is 4.62. The third kappa shape index (κ3) is 1.51. The molecule has 0 aliphatic carbocycles. The average Bonchev–Trinajstić information content (AvgIpc) is 2.57. The van der Waals surface area contributed by atoms with Gasteiger partial charge in [-0.1, -0.05) is 28.9 Å². The number of hydrogen-bond donors (Lipinski definition) is 0. The molecule has 0 saturated heterocycles. The predicted molar refractivity (Wildman–Crippen MR) is 54.2 cm³/mol. The third-order valence-electron chi connectivity index (χ3n) is 1.95. The Morgan fingerprint density at radius 1 is 1.29 bits per heavy atom. The van der Waals surface area contributed by atoms with Crippen LogP contribution in [0, 0.1) is 13.8 Å². The lowest BCUT2D eigenvalue weighted by atomic mass is 10.1. The van der Waals surface area contributed by atoms with E-state index in [4.69, 9.17) is 16.1 Å². The molecule has 0 aliphatic rings. The van der Waals surface area contributed by atoms with Crippen LogP contribution in [-0.2, 0) is 0 Å². The molecule has 0 aliphatic heterocycles. The van der Waals surface area contributed by atoms with Gasteiger partial charge in [-0.25, -0.2) is 0 Å². The van der Waals surface area contributed by atoms with Crippen molar-refractivity contribution < 1.29 is 4.52 Å². The SMILES string of the molecule is Cc1noc(-c2cccc(C)c2Cl)n1. The first-order chi connectivity index (χ1) is 6.68. The minimum Gasteiger partial charge on any atom is -0.334 e. The van der Waals surface area contributed by atoms with E-state index in [2.05, 4.69) is 10.1 Å². The van der Waals surface area contributed by atoms with E-state index in [-0.39, 0.29) is 0 Å². The number of rotatable bonds is 1. The monoisotopic (exact) mass is 208 g/mol. The number of nitrogens with zero attached hydrogens (tertiary/aromatic N) is 2. The van der Waals surface area contributed by atoms with Gasteiger partial charge in [0.05, 0.1) is 10.6 Å². The number of aromatic nitrogens is 2. The molecule has 0 bridgehead atoms. The van der Waals surface area contributed by atoms with Crippen LogP contribution in [0.3, 0.4) is 0 Å². The topological polar surface area (TPSA) is 38.9 Å². The van der Waals surface area contributed by atoms with E-state index in [1.165, 1.54) is 0 Å². The fourth-order valence-corrected chi connectivity index (χ4v) is 1.43. The summed E-state index contributed by atoms with van der Waals surface area (Å²) >= 11 is 6.11. The highest BCUT2D eigenvalue weighted by molar-refractivity contribution is 6.33. The van der Waals surface area contributed by atoms with Crippen molar-refractivity contribution in [1.29, 1.82) is 0 Å². The highest BCUT2D eigenvalue weighted by atomic mass is 35.5. The van der Waals surface area contributed by atoms with Crippen molar-refractivity contribution in [2.75, 3.05) is 0 Å². The van der Waals surface area contributed by atoms with Gasteiger partial charge >= 0.3 is 0 Å². The molecule has 1 aromatic heterocycles. The quantitative estimate of drug-likeness (QED) is 0.723. The van der Waals surface area contributed by atoms with Crippen LogP contribution >= 0.6 is 11.6 Å². The Kier molecular flexibility index (Phi) is 2.25. The van der Waals surface area contributed by atoms with Crippen LogP contribution in [0.2, 0.25) is 5.02 Å². The molecule has 4 heteroatoms. The van der Waals surface area contributed by atoms with Crippen molar-refractivity contribution in [3.63, 3.8) is 0 Å². The molecule has 2 rings (SSSR count). The molecule has 14 heavy (non-hydrogen) atoms. The van der Waals surface area contributed by atoms with Gasteiger partial charge in [-0.3, -0.25) is 0 Å². The lowest BCUT2D eigenvalue weighted by Crippen LogP contribution is -1.82. The van der Waals surface area contributed by atoms with E-state index in [1.54, 1.807) is 6.92 Å². The van der Waals surface area contributed by atoms with E-state index in [0.29, 0.717) is 16.7 Å². The van der Waals surface area contributed by atoms with E-state index >= 15 is 0 Å². The summed E-state index contributed by atoms with van der Waals surface area (Å²) in [6.07, 6.45) is 0. The summed E-state index contributed by atoms with van der Waals surface area (Å²) in [6, 6.07) is 5.72. The minimum absolute atomic E-state index is 0.469. The van der Waals surface area contributed by atoms with Gasteiger partial charge in [0.15, 0.2) is 5.82 Å². The van der Waals surface area contributed by atoms with Crippen LogP contribution in [0.5, 0.6) is 0 Å². The maximum Gasteiger partial charge on any atom is 0.259 e. The molecular weight excluding hydrogens is 200 g/mol. The highest BCUT2D eigenvalue weighted by Crippen LogP contribution is 2.28. The summed E-state index contributed by atoms with van der Waals surface area (Å²) in [7, 11) is 0. The van der Waals surface area contributed by atoms with Crippen molar-refractivity contribution >= 4 is 11.6 Å². The normalized spacial score (nSPS) is 10.5. The summed E-state index contributed by atoms with van der Waals surface area (Å²) in [5.74, 6) is 1.08. The van der Waals surface area contributed by atoms with Crippen LogP contribution in [0.25, 0.3) is 11.5 Å². The molecule has 0 saturated carbocycles. The predicted octanol–water partition coefficient (Wildman–Crippen LogP) is 3.01. The first kappa shape index (κ1) is 9.21. The zero-order valence-electron chi connectivity index (χ0n) is 7.91. The zero-order valence-corrected chi connectivity index (χ0v) is 8.67. The molecule has 0 spiro atoms. The van der Waals surface area contributed by atoms with Gasteiger partial charge in [0.25, 0.3) is 5.89 Å². The van der Waals surface area contributed by atoms with E-state index in [9.17, 15) is 0 Å². The Balaban J connectivity index is 2.57. The fourth-order valence-electron chi connectivity index (χ4n) is 1.22. The van der Waals surface area contributed by atoms with Crippen molar-refractivity contribution in [1.82, 2.24) is 10.1 Å². The van der Waals surface area contributed by atoms with E-state index < -0.39 is 0 Å². The van der Waals surface area contributed by atoms with Gasteiger partial charge in [-0.2, -0.15) is 4.98 Å². The second-order valence-corrected chi connectivity index (χ2v) is 3.46. The van der Waals surface area contributed by atoms with Crippen molar-refractivity contribution in [3.05, 3.63) is 34.6 Å². The highest BCUT2D eigenvalue weighted by Gasteiger charge is 2.11. The van der Waals surface area contributed by atoms with E-state index in [1.807, 2.05) is 25.1 Å². The molecular formula is C10H9ClN2O. The number of benzene rings is 1.